The van der Waals surface area contributed by atoms with E-state index in [2.05, 4.69) is 6.58 Å². The monoisotopic (exact) mass is 703 g/mol. The van der Waals surface area contributed by atoms with Gasteiger partial charge in [-0.25, -0.2) is 4.79 Å². The van der Waals surface area contributed by atoms with E-state index in [1.54, 1.807) is 18.4 Å². The van der Waals surface area contributed by atoms with Crippen molar-refractivity contribution < 1.29 is 84.3 Å². The Balaban J connectivity index is 1.70. The van der Waals surface area contributed by atoms with Gasteiger partial charge in [-0.2, -0.15) is 0 Å². The third-order valence-electron chi connectivity index (χ3n) is 9.69. The quantitative estimate of drug-likeness (QED) is 0.0463. The molecule has 0 aromatic carbocycles. The number of nitrogens with two attached hydrogens (primary N) is 1. The Morgan fingerprint density at radius 3 is 2.47 bits per heavy atom. The van der Waals surface area contributed by atoms with E-state index in [0.717, 1.165) is 17.6 Å². The number of esters is 1. The molecule has 17 nitrogen and oxygen atoms in total. The number of carbonyl (C=O) groups is 2. The maximum Gasteiger partial charge on any atom is 0.342 e. The van der Waals surface area contributed by atoms with Crippen molar-refractivity contribution in [1.82, 2.24) is 0 Å². The summed E-state index contributed by atoms with van der Waals surface area (Å²) in [7, 11) is 1.63. The SMILES string of the molecule is C=CC1C(OC2OC(CO)C(O)C(O)(O)C2OC[NH2+]C)OC=C(C(=O)OC2(O)CCCCC2)C1(O)C=CC1CC(C(=O)[O-])C[NH+](CCO)C1. The first-order chi connectivity index (χ1) is 23.2. The third-order valence-corrected chi connectivity index (χ3v) is 9.69. The molecule has 10 atom stereocenters. The molecule has 10 N–H and O–H groups in total. The number of carboxylic acids is 1. The summed E-state index contributed by atoms with van der Waals surface area (Å²) in [4.78, 5) is 26.3. The molecule has 10 unspecified atom stereocenters. The standard InChI is InChI=1S/C32H50N2O15/c1-3-21-28(48-29-25(46-18-33-2)32(43,44)24(37)23(16-36)47-29)45-17-22(27(40)49-30(41)8-5-4-6-9-30)31(21,42)10-7-19-13-20(26(38)39)15-34(14-19)11-12-35/h3,7,10,17,19-21,23-25,28-29,33,35-37,41-44H,1,4-6,8-9,11-16,18H2,2H3,(H,38,39)/p+1. The van der Waals surface area contributed by atoms with Gasteiger partial charge in [-0.05, 0) is 19.3 Å². The lowest BCUT2D eigenvalue weighted by atomic mass is 9.77. The Hall–Kier alpha value is -2.52. The molecule has 0 aromatic heterocycles. The van der Waals surface area contributed by atoms with Gasteiger partial charge < -0.3 is 79.5 Å². The second-order valence-electron chi connectivity index (χ2n) is 13.3. The van der Waals surface area contributed by atoms with Crippen LogP contribution in [0, 0.1) is 17.8 Å². The lowest BCUT2D eigenvalue weighted by molar-refractivity contribution is -0.911. The molecule has 0 bridgehead atoms. The van der Waals surface area contributed by atoms with Crippen molar-refractivity contribution in [3.8, 4) is 0 Å². The Labute approximate surface area is 284 Å². The summed E-state index contributed by atoms with van der Waals surface area (Å²) in [6.07, 6.45) is -1.00. The summed E-state index contributed by atoms with van der Waals surface area (Å²) in [6.45, 7) is 3.60. The first-order valence-corrected chi connectivity index (χ1v) is 16.7. The van der Waals surface area contributed by atoms with Crippen LogP contribution in [0.1, 0.15) is 38.5 Å². The van der Waals surface area contributed by atoms with E-state index in [1.165, 1.54) is 12.2 Å². The van der Waals surface area contributed by atoms with Gasteiger partial charge in [0.1, 0.15) is 36.2 Å². The Bertz CT molecular complexity index is 1210. The molecule has 3 heterocycles. The zero-order valence-electron chi connectivity index (χ0n) is 27.6. The van der Waals surface area contributed by atoms with E-state index in [1.807, 2.05) is 0 Å². The van der Waals surface area contributed by atoms with Gasteiger partial charge in [0, 0.05) is 24.7 Å². The van der Waals surface area contributed by atoms with Crippen molar-refractivity contribution in [3.63, 3.8) is 0 Å². The van der Waals surface area contributed by atoms with Gasteiger partial charge in [0.15, 0.2) is 19.1 Å². The molecule has 4 rings (SSSR count). The molecule has 0 aromatic rings. The van der Waals surface area contributed by atoms with E-state index in [-0.39, 0.29) is 45.7 Å². The number of nitrogens with one attached hydrogen (secondary N) is 1. The largest absolute Gasteiger partial charge is 0.550 e. The molecule has 1 aliphatic carbocycles. The minimum Gasteiger partial charge on any atom is -0.550 e. The van der Waals surface area contributed by atoms with Crippen molar-refractivity contribution in [2.75, 3.05) is 46.6 Å². The summed E-state index contributed by atoms with van der Waals surface area (Å²) in [6, 6.07) is 0. The number of likely N-dealkylation sites (tertiary alicyclic amines) is 1. The lowest BCUT2D eigenvalue weighted by Crippen LogP contribution is -3.15. The molecule has 2 saturated heterocycles. The van der Waals surface area contributed by atoms with Crippen LogP contribution in [0.2, 0.25) is 0 Å². The van der Waals surface area contributed by atoms with Gasteiger partial charge in [0.2, 0.25) is 17.9 Å². The first-order valence-electron chi connectivity index (χ1n) is 16.7. The highest BCUT2D eigenvalue weighted by atomic mass is 16.8. The molecule has 0 spiro atoms. The topological polar surface area (TPSA) is 266 Å². The van der Waals surface area contributed by atoms with Crippen molar-refractivity contribution in [2.24, 2.45) is 17.8 Å². The number of aliphatic hydroxyl groups excluding tert-OH is 3. The summed E-state index contributed by atoms with van der Waals surface area (Å²) >= 11 is 0. The summed E-state index contributed by atoms with van der Waals surface area (Å²) in [5.74, 6) is -9.72. The van der Waals surface area contributed by atoms with E-state index in [4.69, 9.17) is 23.7 Å². The zero-order chi connectivity index (χ0) is 36.0. The maximum absolute atomic E-state index is 13.7. The second kappa shape index (κ2) is 16.7. The maximum atomic E-state index is 13.7. The second-order valence-corrected chi connectivity index (χ2v) is 13.3. The van der Waals surface area contributed by atoms with Gasteiger partial charge in [-0.1, -0.05) is 24.6 Å². The van der Waals surface area contributed by atoms with E-state index < -0.39 is 89.9 Å². The number of carboxylic acid groups (broad SMARTS) is 1. The average Bonchev–Trinajstić information content (AvgIpc) is 3.05. The summed E-state index contributed by atoms with van der Waals surface area (Å²) < 4.78 is 28.4. The lowest BCUT2D eigenvalue weighted by Gasteiger charge is -2.48. The molecular formula is C32H51N2O15+. The van der Waals surface area contributed by atoms with Gasteiger partial charge in [-0.15, -0.1) is 6.58 Å². The number of quaternary nitrogens is 2. The van der Waals surface area contributed by atoms with Crippen LogP contribution in [0.5, 0.6) is 0 Å². The van der Waals surface area contributed by atoms with Crippen LogP contribution in [0.3, 0.4) is 0 Å². The molecular weight excluding hydrogens is 652 g/mol. The predicted octanol–water partition coefficient (Wildman–Crippen LogP) is -5.91. The van der Waals surface area contributed by atoms with E-state index in [9.17, 15) is 50.4 Å². The molecule has 17 heteroatoms. The fraction of sp³-hybridized carbons (Fsp3) is 0.750. The highest BCUT2D eigenvalue weighted by Crippen LogP contribution is 2.42. The molecule has 49 heavy (non-hydrogen) atoms. The van der Waals surface area contributed by atoms with Gasteiger partial charge in [0.25, 0.3) is 0 Å². The molecule has 0 radical (unpaired) electrons. The number of rotatable bonds is 14. The number of hydrogen-bond acceptors (Lipinski definition) is 15. The number of piperidine rings is 1. The van der Waals surface area contributed by atoms with Crippen LogP contribution in [-0.2, 0) is 33.3 Å². The minimum absolute atomic E-state index is 0.126. The Kier molecular flexibility index (Phi) is 13.4. The van der Waals surface area contributed by atoms with Gasteiger partial charge >= 0.3 is 5.97 Å². The van der Waals surface area contributed by atoms with Crippen molar-refractivity contribution in [1.29, 1.82) is 0 Å². The smallest absolute Gasteiger partial charge is 0.342 e. The highest BCUT2D eigenvalue weighted by molar-refractivity contribution is 5.91. The number of ether oxygens (including phenoxy) is 5. The van der Waals surface area contributed by atoms with Gasteiger partial charge in [-0.3, -0.25) is 0 Å². The molecule has 278 valence electrons. The molecule has 1 saturated carbocycles. The number of aliphatic hydroxyl groups is 7. The van der Waals surface area contributed by atoms with Crippen LogP contribution in [0.4, 0.5) is 0 Å². The van der Waals surface area contributed by atoms with Crippen LogP contribution >= 0.6 is 0 Å². The summed E-state index contributed by atoms with van der Waals surface area (Å²) in [5, 5.41) is 88.1. The van der Waals surface area contributed by atoms with Gasteiger partial charge in [0.05, 0.1) is 45.2 Å². The minimum atomic E-state index is -2.96. The Morgan fingerprint density at radius 1 is 1.14 bits per heavy atom. The fourth-order valence-electron chi connectivity index (χ4n) is 7.00. The number of hydrogen-bond donors (Lipinski definition) is 9. The van der Waals surface area contributed by atoms with E-state index in [0.29, 0.717) is 19.4 Å². The molecule has 3 aliphatic heterocycles. The van der Waals surface area contributed by atoms with Crippen molar-refractivity contribution in [2.45, 2.75) is 86.6 Å². The van der Waals surface area contributed by atoms with Crippen LogP contribution < -0.4 is 15.3 Å². The Morgan fingerprint density at radius 2 is 1.86 bits per heavy atom. The highest BCUT2D eigenvalue weighted by Gasteiger charge is 2.59. The van der Waals surface area contributed by atoms with Crippen LogP contribution in [-0.4, -0.2) is 142 Å². The zero-order valence-corrected chi connectivity index (χ0v) is 27.6. The van der Waals surface area contributed by atoms with Crippen LogP contribution in [0.25, 0.3) is 0 Å². The summed E-state index contributed by atoms with van der Waals surface area (Å²) in [5.41, 5.74) is -2.74. The molecule has 3 fully saturated rings. The van der Waals surface area contributed by atoms with Crippen molar-refractivity contribution >= 4 is 11.9 Å². The van der Waals surface area contributed by atoms with E-state index >= 15 is 0 Å². The fourth-order valence-corrected chi connectivity index (χ4v) is 7.00. The average molecular weight is 704 g/mol. The first kappa shape index (κ1) is 39.3. The number of carbonyl (C=O) groups excluding carboxylic acids is 2. The molecule has 4 aliphatic rings. The third kappa shape index (κ3) is 8.87. The van der Waals surface area contributed by atoms with Crippen LogP contribution in [0.15, 0.2) is 36.6 Å². The molecule has 0 amide bonds. The number of aliphatic carboxylic acids is 1. The predicted molar refractivity (Wildman–Crippen MR) is 162 cm³/mol. The normalized spacial score (nSPS) is 37.6. The van der Waals surface area contributed by atoms with Crippen molar-refractivity contribution in [3.05, 3.63) is 36.6 Å².